The van der Waals surface area contributed by atoms with Crippen LogP contribution in [0.25, 0.3) is 0 Å². The summed E-state index contributed by atoms with van der Waals surface area (Å²) in [7, 11) is -1.23. The maximum Gasteiger partial charge on any atom is 0.304 e. The van der Waals surface area contributed by atoms with Gasteiger partial charge >= 0.3 is 10.2 Å². The Bertz CT molecular complexity index is 1090. The van der Waals surface area contributed by atoms with E-state index in [1.165, 1.54) is 19.0 Å². The van der Waals surface area contributed by atoms with Gasteiger partial charge in [-0.05, 0) is 37.6 Å². The van der Waals surface area contributed by atoms with Gasteiger partial charge in [0.25, 0.3) is 0 Å². The van der Waals surface area contributed by atoms with Crippen molar-refractivity contribution in [1.82, 2.24) is 14.5 Å². The number of nitrogens with zero attached hydrogens (tertiary/aromatic N) is 3. The highest BCUT2D eigenvalue weighted by molar-refractivity contribution is 7.90. The van der Waals surface area contributed by atoms with Gasteiger partial charge in [0.05, 0.1) is 5.69 Å². The highest BCUT2D eigenvalue weighted by Gasteiger charge is 2.33. The van der Waals surface area contributed by atoms with Crippen molar-refractivity contribution in [1.29, 1.82) is 0 Å². The maximum atomic E-state index is 13.6. The second-order valence-corrected chi connectivity index (χ2v) is 11.1. The second-order valence-electron chi connectivity index (χ2n) is 8.17. The predicted octanol–water partition coefficient (Wildman–Crippen LogP) is 3.94. The minimum atomic E-state index is -4.01. The lowest BCUT2D eigenvalue weighted by Crippen LogP contribution is -2.52. The molecular formula is C24H32Cl2N4O4S. The number of carbonyl (C=O) groups is 2. The van der Waals surface area contributed by atoms with Crippen molar-refractivity contribution in [2.24, 2.45) is 0 Å². The molecule has 2 aromatic rings. The van der Waals surface area contributed by atoms with Crippen LogP contribution in [0.2, 0.25) is 10.0 Å². The van der Waals surface area contributed by atoms with Crippen LogP contribution in [0.3, 0.4) is 0 Å². The quantitative estimate of drug-likeness (QED) is 0.411. The third-order valence-corrected chi connectivity index (χ3v) is 7.98. The second kappa shape index (κ2) is 13.1. The first-order valence-electron chi connectivity index (χ1n) is 11.3. The van der Waals surface area contributed by atoms with Gasteiger partial charge < -0.3 is 10.2 Å². The molecule has 0 unspecified atom stereocenters. The molecule has 0 aliphatic rings. The smallest absolute Gasteiger partial charge is 0.304 e. The van der Waals surface area contributed by atoms with E-state index in [1.807, 2.05) is 6.92 Å². The molecule has 0 aliphatic heterocycles. The molecule has 2 aromatic carbocycles. The zero-order valence-corrected chi connectivity index (χ0v) is 22.7. The van der Waals surface area contributed by atoms with E-state index in [4.69, 9.17) is 23.2 Å². The molecule has 2 amide bonds. The Kier molecular flexibility index (Phi) is 10.8. The average Bonchev–Trinajstić information content (AvgIpc) is 2.82. The van der Waals surface area contributed by atoms with Gasteiger partial charge in [-0.3, -0.25) is 9.59 Å². The topological polar surface area (TPSA) is 90.0 Å². The van der Waals surface area contributed by atoms with Gasteiger partial charge in [-0.1, -0.05) is 60.8 Å². The third kappa shape index (κ3) is 7.57. The number of hydrogen-bond acceptors (Lipinski definition) is 4. The molecule has 0 spiro atoms. The van der Waals surface area contributed by atoms with Gasteiger partial charge in [-0.2, -0.15) is 12.7 Å². The molecule has 2 rings (SSSR count). The van der Waals surface area contributed by atoms with Crippen molar-refractivity contribution in [3.05, 3.63) is 64.1 Å². The summed E-state index contributed by atoms with van der Waals surface area (Å²) in [4.78, 5) is 27.8. The first-order valence-corrected chi connectivity index (χ1v) is 13.4. The molecule has 0 saturated carbocycles. The van der Waals surface area contributed by atoms with E-state index in [2.05, 4.69) is 5.32 Å². The van der Waals surface area contributed by atoms with Crippen molar-refractivity contribution < 1.29 is 18.0 Å². The molecule has 0 heterocycles. The van der Waals surface area contributed by atoms with Crippen molar-refractivity contribution in [3.8, 4) is 0 Å². The van der Waals surface area contributed by atoms with E-state index < -0.39 is 28.7 Å². The standard InChI is InChI=1S/C24H32Cl2N4O4S/c1-5-6-15-27-24(32)18(2)29(16-20-21(25)13-10-14-22(20)26)23(31)17-30(35(33,34)28(3)4)19-11-8-7-9-12-19/h7-14,18H,5-6,15-17H2,1-4H3,(H,27,32)/t18-/m1/s1. The summed E-state index contributed by atoms with van der Waals surface area (Å²) < 4.78 is 28.2. The third-order valence-electron chi connectivity index (χ3n) is 5.45. The van der Waals surface area contributed by atoms with E-state index in [0.717, 1.165) is 21.5 Å². The lowest BCUT2D eigenvalue weighted by Gasteiger charge is -2.33. The minimum absolute atomic E-state index is 0.0651. The average molecular weight is 544 g/mol. The first-order chi connectivity index (χ1) is 16.5. The Labute approximate surface area is 218 Å². The SMILES string of the molecule is CCCCNC(=O)[C@@H](C)N(Cc1c(Cl)cccc1Cl)C(=O)CN(c1ccccc1)S(=O)(=O)N(C)C. The van der Waals surface area contributed by atoms with Crippen molar-refractivity contribution >= 4 is 50.9 Å². The Hall–Kier alpha value is -2.33. The van der Waals surface area contributed by atoms with Gasteiger partial charge in [0, 0.05) is 42.8 Å². The molecule has 1 N–H and O–H groups in total. The summed E-state index contributed by atoms with van der Waals surface area (Å²) >= 11 is 12.7. The maximum absolute atomic E-state index is 13.6. The summed E-state index contributed by atoms with van der Waals surface area (Å²) in [6.07, 6.45) is 1.70. The zero-order chi connectivity index (χ0) is 26.2. The summed E-state index contributed by atoms with van der Waals surface area (Å²) in [6.45, 7) is 3.49. The Balaban J connectivity index is 2.44. The van der Waals surface area contributed by atoms with Gasteiger partial charge in [0.2, 0.25) is 11.8 Å². The molecule has 0 bridgehead atoms. The van der Waals surface area contributed by atoms with E-state index in [1.54, 1.807) is 55.5 Å². The molecule has 11 heteroatoms. The number of amides is 2. The Morgan fingerprint density at radius 3 is 2.14 bits per heavy atom. The minimum Gasteiger partial charge on any atom is -0.354 e. The number of rotatable bonds is 12. The molecular weight excluding hydrogens is 511 g/mol. The van der Waals surface area contributed by atoms with Gasteiger partial charge in [0.1, 0.15) is 12.6 Å². The van der Waals surface area contributed by atoms with Gasteiger partial charge in [-0.15, -0.1) is 0 Å². The summed E-state index contributed by atoms with van der Waals surface area (Å²) in [5.41, 5.74) is 0.796. The molecule has 0 radical (unpaired) electrons. The number of para-hydroxylation sites is 1. The van der Waals surface area contributed by atoms with Crippen molar-refractivity contribution in [2.75, 3.05) is 31.5 Å². The normalized spacial score (nSPS) is 12.3. The van der Waals surface area contributed by atoms with Crippen LogP contribution in [0.1, 0.15) is 32.3 Å². The summed E-state index contributed by atoms with van der Waals surface area (Å²) in [5, 5.41) is 3.51. The molecule has 0 aliphatic carbocycles. The van der Waals surface area contributed by atoms with Crippen LogP contribution in [0.4, 0.5) is 5.69 Å². The van der Waals surface area contributed by atoms with Gasteiger partial charge in [0.15, 0.2) is 0 Å². The molecule has 0 aromatic heterocycles. The lowest BCUT2D eigenvalue weighted by atomic mass is 10.1. The monoisotopic (exact) mass is 542 g/mol. The zero-order valence-electron chi connectivity index (χ0n) is 20.4. The predicted molar refractivity (Wildman–Crippen MR) is 141 cm³/mol. The molecule has 35 heavy (non-hydrogen) atoms. The van der Waals surface area contributed by atoms with Crippen LogP contribution >= 0.6 is 23.2 Å². The van der Waals surface area contributed by atoms with Crippen LogP contribution in [0.5, 0.6) is 0 Å². The van der Waals surface area contributed by atoms with Crippen LogP contribution < -0.4 is 9.62 Å². The van der Waals surface area contributed by atoms with Crippen LogP contribution in [-0.4, -0.2) is 62.7 Å². The largest absolute Gasteiger partial charge is 0.354 e. The van der Waals surface area contributed by atoms with Crippen LogP contribution in [0, 0.1) is 0 Å². The van der Waals surface area contributed by atoms with Crippen molar-refractivity contribution in [2.45, 2.75) is 39.3 Å². The van der Waals surface area contributed by atoms with Crippen LogP contribution in [-0.2, 0) is 26.3 Å². The lowest BCUT2D eigenvalue weighted by molar-refractivity contribution is -0.139. The fraction of sp³-hybridized carbons (Fsp3) is 0.417. The summed E-state index contributed by atoms with van der Waals surface area (Å²) in [6, 6.07) is 12.4. The highest BCUT2D eigenvalue weighted by atomic mass is 35.5. The number of carbonyl (C=O) groups excluding carboxylic acids is 2. The molecule has 0 saturated heterocycles. The number of unbranched alkanes of at least 4 members (excludes halogenated alkanes) is 1. The van der Waals surface area contributed by atoms with Crippen molar-refractivity contribution in [3.63, 3.8) is 0 Å². The van der Waals surface area contributed by atoms with E-state index in [-0.39, 0.29) is 12.5 Å². The van der Waals surface area contributed by atoms with Crippen LogP contribution in [0.15, 0.2) is 48.5 Å². The number of hydrogen-bond donors (Lipinski definition) is 1. The van der Waals surface area contributed by atoms with E-state index in [9.17, 15) is 18.0 Å². The Morgan fingerprint density at radius 1 is 1.00 bits per heavy atom. The summed E-state index contributed by atoms with van der Waals surface area (Å²) in [5.74, 6) is -0.926. The van der Waals surface area contributed by atoms with Gasteiger partial charge in [-0.25, -0.2) is 4.31 Å². The van der Waals surface area contributed by atoms with E-state index >= 15 is 0 Å². The van der Waals surface area contributed by atoms with E-state index in [0.29, 0.717) is 27.8 Å². The first kappa shape index (κ1) is 28.9. The molecule has 192 valence electrons. The number of benzene rings is 2. The molecule has 0 fully saturated rings. The fourth-order valence-electron chi connectivity index (χ4n) is 3.28. The highest BCUT2D eigenvalue weighted by Crippen LogP contribution is 2.27. The molecule has 1 atom stereocenters. The number of anilines is 1. The fourth-order valence-corrected chi connectivity index (χ4v) is 4.86. The Morgan fingerprint density at radius 2 is 1.60 bits per heavy atom. The molecule has 8 nitrogen and oxygen atoms in total. The number of nitrogens with one attached hydrogen (secondary N) is 1. The number of halogens is 2.